The Kier molecular flexibility index (Phi) is 7.55. The number of aliphatic hydroxyl groups is 1. The van der Waals surface area contributed by atoms with Crippen LogP contribution in [-0.2, 0) is 6.54 Å². The van der Waals surface area contributed by atoms with Crippen LogP contribution in [0.5, 0.6) is 5.88 Å². The molecule has 1 N–H and O–H groups in total. The van der Waals surface area contributed by atoms with Gasteiger partial charge >= 0.3 is 0 Å². The molecule has 0 radical (unpaired) electrons. The highest BCUT2D eigenvalue weighted by Gasteiger charge is 2.34. The summed E-state index contributed by atoms with van der Waals surface area (Å²) in [5.74, 6) is 0.194. The van der Waals surface area contributed by atoms with Crippen LogP contribution in [0.1, 0.15) is 29.8 Å². The van der Waals surface area contributed by atoms with Gasteiger partial charge in [-0.25, -0.2) is 4.98 Å². The van der Waals surface area contributed by atoms with Crippen molar-refractivity contribution >= 4 is 5.91 Å². The molecule has 3 heterocycles. The fraction of sp³-hybridized carbons (Fsp3) is 0.370. The molecule has 4 rings (SSSR count). The fourth-order valence-electron chi connectivity index (χ4n) is 4.28. The molecular formula is C27H32N4O3. The zero-order valence-corrected chi connectivity index (χ0v) is 20.0. The van der Waals surface area contributed by atoms with Gasteiger partial charge in [-0.15, -0.1) is 0 Å². The first-order valence-electron chi connectivity index (χ1n) is 11.7. The number of aromatic nitrogens is 2. The molecule has 1 amide bonds. The van der Waals surface area contributed by atoms with Gasteiger partial charge in [-0.3, -0.25) is 14.7 Å². The monoisotopic (exact) mass is 460 g/mol. The van der Waals surface area contributed by atoms with Gasteiger partial charge in [-0.1, -0.05) is 43.3 Å². The van der Waals surface area contributed by atoms with Crippen LogP contribution in [0.15, 0.2) is 67.1 Å². The number of amides is 1. The number of hydrogen-bond acceptors (Lipinski definition) is 6. The lowest BCUT2D eigenvalue weighted by atomic mass is 9.99. The number of likely N-dealkylation sites (N-methyl/N-ethyl adjacent to an activating group) is 1. The second-order valence-electron chi connectivity index (χ2n) is 9.12. The average molecular weight is 461 g/mol. The first kappa shape index (κ1) is 23.9. The van der Waals surface area contributed by atoms with Crippen LogP contribution in [0.4, 0.5) is 0 Å². The van der Waals surface area contributed by atoms with Crippen molar-refractivity contribution in [2.75, 3.05) is 26.7 Å². The van der Waals surface area contributed by atoms with Gasteiger partial charge in [0.1, 0.15) is 11.7 Å². The number of ether oxygens (including phenoxy) is 1. The van der Waals surface area contributed by atoms with Crippen molar-refractivity contribution in [3.05, 3.63) is 78.2 Å². The van der Waals surface area contributed by atoms with Gasteiger partial charge in [0.2, 0.25) is 5.88 Å². The molecule has 2 aromatic heterocycles. The second-order valence-corrected chi connectivity index (χ2v) is 9.12. The highest BCUT2D eigenvalue weighted by Crippen LogP contribution is 2.30. The zero-order valence-electron chi connectivity index (χ0n) is 20.0. The lowest BCUT2D eigenvalue weighted by Crippen LogP contribution is -2.49. The summed E-state index contributed by atoms with van der Waals surface area (Å²) in [7, 11) is 2.07. The molecule has 0 spiro atoms. The number of carbonyl (C=O) groups is 1. The molecule has 0 unspecified atom stereocenters. The quantitative estimate of drug-likeness (QED) is 0.582. The lowest BCUT2D eigenvalue weighted by molar-refractivity contribution is 0.0325. The van der Waals surface area contributed by atoms with Gasteiger partial charge in [0.15, 0.2) is 0 Å². The summed E-state index contributed by atoms with van der Waals surface area (Å²) in [6.45, 7) is 5.80. The summed E-state index contributed by atoms with van der Waals surface area (Å²) < 4.78 is 6.40. The summed E-state index contributed by atoms with van der Waals surface area (Å²) in [5, 5.41) is 9.85. The third kappa shape index (κ3) is 5.43. The number of aliphatic hydroxyl groups excluding tert-OH is 1. The number of rotatable bonds is 7. The molecule has 1 aliphatic rings. The third-order valence-electron chi connectivity index (χ3n) is 6.30. The SMILES string of the molecule is C[C@@H]1CN([C@@H](C)CO)C(=O)c2cc(-c3cccnc3)cnc2O[C@H]1CN(C)Cc1ccccc1. The molecule has 7 heteroatoms. The maximum Gasteiger partial charge on any atom is 0.259 e. The maximum absolute atomic E-state index is 13.6. The van der Waals surface area contributed by atoms with E-state index in [1.807, 2.05) is 43.3 Å². The van der Waals surface area contributed by atoms with Crippen molar-refractivity contribution in [2.45, 2.75) is 32.5 Å². The molecule has 7 nitrogen and oxygen atoms in total. The molecule has 1 aliphatic heterocycles. The van der Waals surface area contributed by atoms with E-state index in [0.29, 0.717) is 24.5 Å². The predicted molar refractivity (Wildman–Crippen MR) is 131 cm³/mol. The Balaban J connectivity index is 1.65. The Morgan fingerprint density at radius 3 is 2.68 bits per heavy atom. The van der Waals surface area contributed by atoms with Crippen LogP contribution >= 0.6 is 0 Å². The van der Waals surface area contributed by atoms with Gasteiger partial charge in [0.25, 0.3) is 5.91 Å². The number of pyridine rings is 2. The van der Waals surface area contributed by atoms with E-state index in [9.17, 15) is 9.90 Å². The van der Waals surface area contributed by atoms with Gasteiger partial charge in [0, 0.05) is 55.3 Å². The molecule has 0 bridgehead atoms. The Morgan fingerprint density at radius 2 is 1.97 bits per heavy atom. The van der Waals surface area contributed by atoms with Crippen molar-refractivity contribution < 1.29 is 14.6 Å². The predicted octanol–water partition coefficient (Wildman–Crippen LogP) is 3.50. The number of carbonyl (C=O) groups excluding carboxylic acids is 1. The van der Waals surface area contributed by atoms with Crippen LogP contribution in [0.3, 0.4) is 0 Å². The van der Waals surface area contributed by atoms with Crippen LogP contribution in [0.2, 0.25) is 0 Å². The Morgan fingerprint density at radius 1 is 1.18 bits per heavy atom. The maximum atomic E-state index is 13.6. The molecule has 0 aliphatic carbocycles. The largest absolute Gasteiger partial charge is 0.472 e. The standard InChI is InChI=1S/C27H32N4O3/c1-19-15-31(20(2)18-32)27(33)24-12-23(22-10-7-11-28-13-22)14-29-26(24)34-25(19)17-30(3)16-21-8-5-4-6-9-21/h4-14,19-20,25,32H,15-18H2,1-3H3/t19-,20+,25+/m1/s1. The van der Waals surface area contributed by atoms with Crippen LogP contribution in [0.25, 0.3) is 11.1 Å². The van der Waals surface area contributed by atoms with E-state index in [2.05, 4.69) is 41.0 Å². The van der Waals surface area contributed by atoms with E-state index in [4.69, 9.17) is 4.74 Å². The lowest BCUT2D eigenvalue weighted by Gasteiger charge is -2.37. The first-order chi connectivity index (χ1) is 16.5. The molecule has 0 fully saturated rings. The molecule has 3 atom stereocenters. The van der Waals surface area contributed by atoms with E-state index in [1.54, 1.807) is 23.5 Å². The van der Waals surface area contributed by atoms with E-state index in [1.165, 1.54) is 5.56 Å². The van der Waals surface area contributed by atoms with Crippen molar-refractivity contribution in [1.82, 2.24) is 19.8 Å². The average Bonchev–Trinajstić information content (AvgIpc) is 2.86. The summed E-state index contributed by atoms with van der Waals surface area (Å²) in [4.78, 5) is 26.3. The van der Waals surface area contributed by atoms with Gasteiger partial charge in [0.05, 0.1) is 12.6 Å². The van der Waals surface area contributed by atoms with E-state index < -0.39 is 0 Å². The number of hydrogen-bond donors (Lipinski definition) is 1. The highest BCUT2D eigenvalue weighted by molar-refractivity contribution is 5.98. The minimum absolute atomic E-state index is 0.0455. The summed E-state index contributed by atoms with van der Waals surface area (Å²) in [6.07, 6.45) is 5.00. The first-order valence-corrected chi connectivity index (χ1v) is 11.7. The van der Waals surface area contributed by atoms with Crippen LogP contribution in [-0.4, -0.2) is 69.7 Å². The van der Waals surface area contributed by atoms with Gasteiger partial charge in [-0.05, 0) is 31.7 Å². The summed E-state index contributed by atoms with van der Waals surface area (Å²) in [5.41, 5.74) is 3.31. The van der Waals surface area contributed by atoms with E-state index in [0.717, 1.165) is 17.7 Å². The minimum atomic E-state index is -0.314. The number of benzene rings is 1. The molecule has 34 heavy (non-hydrogen) atoms. The Bertz CT molecular complexity index is 1090. The number of fused-ring (bicyclic) bond motifs is 1. The number of nitrogens with zero attached hydrogens (tertiary/aromatic N) is 4. The normalized spacial score (nSPS) is 19.2. The van der Waals surface area contributed by atoms with E-state index in [-0.39, 0.29) is 30.6 Å². The van der Waals surface area contributed by atoms with Gasteiger partial charge in [-0.2, -0.15) is 0 Å². The van der Waals surface area contributed by atoms with Crippen molar-refractivity contribution in [1.29, 1.82) is 0 Å². The van der Waals surface area contributed by atoms with Crippen molar-refractivity contribution in [3.63, 3.8) is 0 Å². The van der Waals surface area contributed by atoms with Crippen LogP contribution in [0, 0.1) is 5.92 Å². The zero-order chi connectivity index (χ0) is 24.1. The highest BCUT2D eigenvalue weighted by atomic mass is 16.5. The Labute approximate surface area is 201 Å². The van der Waals surface area contributed by atoms with Crippen LogP contribution < -0.4 is 4.74 Å². The molecule has 0 saturated heterocycles. The summed E-state index contributed by atoms with van der Waals surface area (Å²) in [6, 6.07) is 15.6. The Hall–Kier alpha value is -3.29. The van der Waals surface area contributed by atoms with E-state index >= 15 is 0 Å². The molecule has 3 aromatic rings. The minimum Gasteiger partial charge on any atom is -0.472 e. The third-order valence-corrected chi connectivity index (χ3v) is 6.30. The molecule has 1 aromatic carbocycles. The second kappa shape index (κ2) is 10.8. The van der Waals surface area contributed by atoms with Crippen molar-refractivity contribution in [2.24, 2.45) is 5.92 Å². The van der Waals surface area contributed by atoms with Gasteiger partial charge < -0.3 is 14.7 Å². The molecule has 0 saturated carbocycles. The molecular weight excluding hydrogens is 428 g/mol. The summed E-state index contributed by atoms with van der Waals surface area (Å²) >= 11 is 0. The smallest absolute Gasteiger partial charge is 0.259 e. The molecule has 178 valence electrons. The topological polar surface area (TPSA) is 78.8 Å². The van der Waals surface area contributed by atoms with Crippen molar-refractivity contribution in [3.8, 4) is 17.0 Å². The fourth-order valence-corrected chi connectivity index (χ4v) is 4.28.